The number of aromatic nitrogens is 5. The molecule has 6 aromatic rings. The third-order valence-electron chi connectivity index (χ3n) is 11.2. The van der Waals surface area contributed by atoms with E-state index < -0.39 is 20.0 Å². The zero-order chi connectivity index (χ0) is 43.7. The average Bonchev–Trinajstić information content (AvgIpc) is 4.04. The number of benzene rings is 1. The van der Waals surface area contributed by atoms with E-state index in [0.29, 0.717) is 29.0 Å². The predicted octanol–water partition coefficient (Wildman–Crippen LogP) is 9.50. The first-order chi connectivity index (χ1) is 29.9. The molecule has 0 bridgehead atoms. The third-order valence-corrected chi connectivity index (χ3v) is 16.1. The van der Waals surface area contributed by atoms with Crippen LogP contribution in [0.1, 0.15) is 83.2 Å². The van der Waals surface area contributed by atoms with Crippen molar-refractivity contribution in [3.63, 3.8) is 0 Å². The zero-order valence-corrected chi connectivity index (χ0v) is 38.5. The van der Waals surface area contributed by atoms with Crippen LogP contribution in [0.25, 0.3) is 22.5 Å². The number of anilines is 2. The Morgan fingerprint density at radius 2 is 1.14 bits per heavy atom. The van der Waals surface area contributed by atoms with Gasteiger partial charge in [0.1, 0.15) is 21.2 Å². The molecule has 5 heterocycles. The van der Waals surface area contributed by atoms with Crippen molar-refractivity contribution in [1.82, 2.24) is 34.5 Å². The number of pyridine rings is 2. The van der Waals surface area contributed by atoms with Crippen molar-refractivity contribution in [3.8, 4) is 28.3 Å². The van der Waals surface area contributed by atoms with Crippen LogP contribution in [0.2, 0.25) is 0 Å². The Hall–Kier alpha value is -4.79. The van der Waals surface area contributed by atoms with Gasteiger partial charge < -0.3 is 19.9 Å². The molecule has 1 aromatic carbocycles. The Labute approximate surface area is 386 Å². The summed E-state index contributed by atoms with van der Waals surface area (Å²) >= 11 is 3.19. The van der Waals surface area contributed by atoms with Gasteiger partial charge in [-0.15, -0.1) is 22.7 Å². The number of sulfonamides is 2. The van der Waals surface area contributed by atoms with Crippen LogP contribution < -0.4 is 24.8 Å². The molecule has 64 heavy (non-hydrogen) atoms. The van der Waals surface area contributed by atoms with Crippen LogP contribution in [-0.4, -0.2) is 74.2 Å². The van der Waals surface area contributed by atoms with Gasteiger partial charge in [0.2, 0.25) is 20.0 Å². The van der Waals surface area contributed by atoms with Crippen LogP contribution >= 0.6 is 22.7 Å². The van der Waals surface area contributed by atoms with Gasteiger partial charge in [-0.2, -0.15) is 0 Å². The smallest absolute Gasteiger partial charge is 0.246 e. The predicted molar refractivity (Wildman–Crippen MR) is 257 cm³/mol. The van der Waals surface area contributed by atoms with Crippen LogP contribution in [0.4, 0.5) is 10.3 Å². The summed E-state index contributed by atoms with van der Waals surface area (Å²) in [7, 11) is -5.74. The normalized spacial score (nSPS) is 18.7. The first kappa shape index (κ1) is 50.2. The summed E-state index contributed by atoms with van der Waals surface area (Å²) in [5.41, 5.74) is 5.29. The van der Waals surface area contributed by atoms with E-state index in [9.17, 15) is 16.8 Å². The van der Waals surface area contributed by atoms with Gasteiger partial charge in [-0.3, -0.25) is 9.97 Å². The second-order valence-electron chi connectivity index (χ2n) is 15.8. The van der Waals surface area contributed by atoms with Crippen LogP contribution in [0.3, 0.4) is 0 Å². The van der Waals surface area contributed by atoms with Gasteiger partial charge in [-0.05, 0) is 126 Å². The topological polar surface area (TPSA) is 203 Å². The number of hydrogen-bond acceptors (Lipinski definition) is 15. The van der Waals surface area contributed by atoms with E-state index in [1.54, 1.807) is 73.4 Å². The van der Waals surface area contributed by atoms with Gasteiger partial charge in [0.15, 0.2) is 16.0 Å². The summed E-state index contributed by atoms with van der Waals surface area (Å²) in [5, 5.41) is 16.5. The zero-order valence-electron chi connectivity index (χ0n) is 35.2. The highest BCUT2D eigenvalue weighted by Gasteiger charge is 2.30. The van der Waals surface area contributed by atoms with Gasteiger partial charge in [0.05, 0.1) is 18.5 Å². The molecule has 2 aliphatic rings. The molecule has 346 valence electrons. The number of nitrogens with one attached hydrogen (secondary N) is 4. The second-order valence-corrected chi connectivity index (χ2v) is 20.8. The van der Waals surface area contributed by atoms with E-state index >= 15 is 0 Å². The molecule has 0 saturated heterocycles. The van der Waals surface area contributed by atoms with Crippen molar-refractivity contribution in [2.45, 2.75) is 109 Å². The van der Waals surface area contributed by atoms with Crippen molar-refractivity contribution in [2.75, 3.05) is 30.8 Å². The SMILES string of the molecule is C.C.COc1ccc(C)cc1S(=O)(=O)NC1CCC(CNc2nc(-c3ccncc3)cs2)CC1.Cc1noc(C)c1S(=O)(=O)NC1CCC(CNc2nc(-c3ccncc3)cs2)CC1. The Bertz CT molecular complexity index is 2570. The molecular formula is C45H61N9O6S4. The number of ether oxygens (including phenoxy) is 1. The average molecular weight is 952 g/mol. The Morgan fingerprint density at radius 3 is 1.58 bits per heavy atom. The molecule has 5 aromatic heterocycles. The maximum atomic E-state index is 12.9. The monoisotopic (exact) mass is 951 g/mol. The van der Waals surface area contributed by atoms with E-state index in [0.717, 1.165) is 103 Å². The van der Waals surface area contributed by atoms with Crippen molar-refractivity contribution >= 4 is 53.0 Å². The molecule has 0 radical (unpaired) electrons. The number of thiazole rings is 2. The Kier molecular flexibility index (Phi) is 18.0. The van der Waals surface area contributed by atoms with E-state index in [1.807, 2.05) is 48.0 Å². The Balaban J connectivity index is 0.000000234. The molecule has 4 N–H and O–H groups in total. The highest BCUT2D eigenvalue weighted by Crippen LogP contribution is 2.32. The summed E-state index contributed by atoms with van der Waals surface area (Å²) < 4.78 is 67.2. The third kappa shape index (κ3) is 13.2. The van der Waals surface area contributed by atoms with Gasteiger partial charge in [-0.1, -0.05) is 26.1 Å². The Morgan fingerprint density at radius 1 is 0.672 bits per heavy atom. The minimum atomic E-state index is -3.62. The standard InChI is InChI=1S/C23H28N4O3S2.C20H25N5O3S2.2CH4/c1-16-3-8-21(30-2)22(13-16)32(28,29)27-19-6-4-17(5-7-19)14-25-23-26-20(15-31-23)18-9-11-24-12-10-18;1-13-19(14(2)28-24-13)30(26,27)25-17-5-3-15(4-6-17)11-22-20-23-18(12-29-20)16-7-9-21-10-8-16;;/h3,8-13,15,17,19,27H,4-7,14H2,1-2H3,(H,25,26);7-10,12,15,17,25H,3-6,11H2,1-2H3,(H,22,23);2*1H4. The van der Waals surface area contributed by atoms with Crippen LogP contribution in [-0.2, 0) is 20.0 Å². The molecule has 0 unspecified atom stereocenters. The quantitative estimate of drug-likeness (QED) is 0.0759. The van der Waals surface area contributed by atoms with Crippen molar-refractivity contribution in [3.05, 3.63) is 95.0 Å². The number of aryl methyl sites for hydroxylation is 3. The highest BCUT2D eigenvalue weighted by atomic mass is 32.2. The largest absolute Gasteiger partial charge is 0.495 e. The lowest BCUT2D eigenvalue weighted by Crippen LogP contribution is -2.38. The summed E-state index contributed by atoms with van der Waals surface area (Å²) in [6, 6.07) is 12.9. The maximum absolute atomic E-state index is 12.9. The minimum absolute atomic E-state index is 0. The second kappa shape index (κ2) is 22.9. The number of nitrogens with zero attached hydrogens (tertiary/aromatic N) is 5. The molecule has 2 fully saturated rings. The van der Waals surface area contributed by atoms with Crippen molar-refractivity contribution < 1.29 is 26.1 Å². The molecule has 0 amide bonds. The number of methoxy groups -OCH3 is 1. The fourth-order valence-corrected chi connectivity index (χ4v) is 12.5. The first-order valence-corrected chi connectivity index (χ1v) is 25.4. The lowest BCUT2D eigenvalue weighted by Gasteiger charge is -2.29. The molecule has 19 heteroatoms. The van der Waals surface area contributed by atoms with Gasteiger partial charge in [0, 0.05) is 71.8 Å². The van der Waals surface area contributed by atoms with Crippen molar-refractivity contribution in [2.24, 2.45) is 11.8 Å². The molecule has 2 saturated carbocycles. The van der Waals surface area contributed by atoms with Gasteiger partial charge >= 0.3 is 0 Å². The van der Waals surface area contributed by atoms with Crippen molar-refractivity contribution in [1.29, 1.82) is 0 Å². The fraction of sp³-hybridized carbons (Fsp3) is 0.444. The van der Waals surface area contributed by atoms with E-state index in [1.165, 1.54) is 7.11 Å². The minimum Gasteiger partial charge on any atom is -0.495 e. The number of hydrogen-bond donors (Lipinski definition) is 4. The molecule has 0 aliphatic heterocycles. The van der Waals surface area contributed by atoms with E-state index in [4.69, 9.17) is 9.26 Å². The lowest BCUT2D eigenvalue weighted by molar-refractivity contribution is 0.323. The number of rotatable bonds is 15. The first-order valence-electron chi connectivity index (χ1n) is 20.7. The van der Waals surface area contributed by atoms with E-state index in [-0.39, 0.29) is 36.7 Å². The molecular weight excluding hydrogens is 891 g/mol. The molecule has 0 atom stereocenters. The maximum Gasteiger partial charge on any atom is 0.246 e. The fourth-order valence-electron chi connectivity index (χ4n) is 7.87. The summed E-state index contributed by atoms with van der Waals surface area (Å²) in [5.74, 6) is 1.69. The lowest BCUT2D eigenvalue weighted by atomic mass is 9.86. The van der Waals surface area contributed by atoms with Gasteiger partial charge in [0.25, 0.3) is 0 Å². The summed E-state index contributed by atoms with van der Waals surface area (Å²) in [6.45, 7) is 6.82. The molecule has 15 nitrogen and oxygen atoms in total. The summed E-state index contributed by atoms with van der Waals surface area (Å²) in [6.07, 6.45) is 14.2. The van der Waals surface area contributed by atoms with Crippen LogP contribution in [0.15, 0.2) is 92.3 Å². The molecule has 2 aliphatic carbocycles. The molecule has 8 rings (SSSR count). The van der Waals surface area contributed by atoms with Crippen LogP contribution in [0.5, 0.6) is 5.75 Å². The van der Waals surface area contributed by atoms with Gasteiger partial charge in [-0.25, -0.2) is 36.2 Å². The highest BCUT2D eigenvalue weighted by molar-refractivity contribution is 7.90. The van der Waals surface area contributed by atoms with Crippen LogP contribution in [0, 0.1) is 32.6 Å². The summed E-state index contributed by atoms with van der Waals surface area (Å²) in [4.78, 5) is 17.8. The molecule has 0 spiro atoms. The van der Waals surface area contributed by atoms with E-state index in [2.05, 4.69) is 45.2 Å².